The van der Waals surface area contributed by atoms with Gasteiger partial charge in [0.25, 0.3) is 0 Å². The molecule has 1 atom stereocenters. The molecule has 0 saturated heterocycles. The van der Waals surface area contributed by atoms with Crippen LogP contribution in [0, 0.1) is 0 Å². The maximum Gasteiger partial charge on any atom is 0.161 e. The van der Waals surface area contributed by atoms with Crippen LogP contribution in [0.15, 0.2) is 36.9 Å². The molecule has 19 heavy (non-hydrogen) atoms. The molecule has 0 fully saturated rings. The van der Waals surface area contributed by atoms with E-state index in [0.717, 1.165) is 11.1 Å². The smallest absolute Gasteiger partial charge is 0.161 e. The maximum absolute atomic E-state index is 5.32. The molecule has 0 aliphatic heterocycles. The first kappa shape index (κ1) is 13.3. The first-order chi connectivity index (χ1) is 9.30. The molecule has 1 heterocycles. The van der Waals surface area contributed by atoms with Crippen LogP contribution < -0.4 is 14.8 Å². The van der Waals surface area contributed by atoms with Crippen LogP contribution in [0.1, 0.15) is 17.2 Å². The molecule has 0 spiro atoms. The second kappa shape index (κ2) is 6.15. The highest BCUT2D eigenvalue weighted by atomic mass is 16.5. The van der Waals surface area contributed by atoms with Crippen molar-refractivity contribution in [3.05, 3.63) is 48.0 Å². The number of benzene rings is 1. The van der Waals surface area contributed by atoms with Gasteiger partial charge in [-0.15, -0.1) is 0 Å². The van der Waals surface area contributed by atoms with E-state index in [1.165, 1.54) is 6.33 Å². The summed E-state index contributed by atoms with van der Waals surface area (Å²) >= 11 is 0. The van der Waals surface area contributed by atoms with Gasteiger partial charge in [0.2, 0.25) is 0 Å². The van der Waals surface area contributed by atoms with E-state index in [0.29, 0.717) is 11.5 Å². The van der Waals surface area contributed by atoms with E-state index < -0.39 is 0 Å². The van der Waals surface area contributed by atoms with Gasteiger partial charge in [0.05, 0.1) is 20.3 Å². The van der Waals surface area contributed by atoms with Crippen LogP contribution in [-0.4, -0.2) is 31.2 Å². The average molecular weight is 259 g/mol. The van der Waals surface area contributed by atoms with Crippen LogP contribution in [0.3, 0.4) is 0 Å². The highest BCUT2D eigenvalue weighted by molar-refractivity contribution is 5.45. The Morgan fingerprint density at radius 3 is 2.26 bits per heavy atom. The molecule has 0 aliphatic carbocycles. The lowest BCUT2D eigenvalue weighted by atomic mass is 10.0. The minimum Gasteiger partial charge on any atom is -0.493 e. The second-order valence-electron chi connectivity index (χ2n) is 4.01. The van der Waals surface area contributed by atoms with E-state index in [-0.39, 0.29) is 6.04 Å². The second-order valence-corrected chi connectivity index (χ2v) is 4.01. The highest BCUT2D eigenvalue weighted by Gasteiger charge is 2.15. The topological polar surface area (TPSA) is 56.3 Å². The zero-order chi connectivity index (χ0) is 13.7. The van der Waals surface area contributed by atoms with Crippen molar-refractivity contribution >= 4 is 0 Å². The third-order valence-electron chi connectivity index (χ3n) is 2.94. The van der Waals surface area contributed by atoms with E-state index in [1.807, 2.05) is 25.2 Å². The fourth-order valence-electron chi connectivity index (χ4n) is 2.02. The zero-order valence-corrected chi connectivity index (χ0v) is 11.3. The summed E-state index contributed by atoms with van der Waals surface area (Å²) in [7, 11) is 5.15. The van der Waals surface area contributed by atoms with Crippen LogP contribution in [0.4, 0.5) is 0 Å². The Hall–Kier alpha value is -2.14. The van der Waals surface area contributed by atoms with Crippen molar-refractivity contribution in [1.82, 2.24) is 15.3 Å². The molecule has 1 unspecified atom stereocenters. The van der Waals surface area contributed by atoms with Crippen molar-refractivity contribution in [1.29, 1.82) is 0 Å². The fraction of sp³-hybridized carbons (Fsp3) is 0.286. The Kier molecular flexibility index (Phi) is 4.30. The molecule has 2 aromatic rings. The predicted octanol–water partition coefficient (Wildman–Crippen LogP) is 1.80. The number of methoxy groups -OCH3 is 2. The Morgan fingerprint density at radius 2 is 1.68 bits per heavy atom. The molecule has 0 saturated carbocycles. The van der Waals surface area contributed by atoms with Gasteiger partial charge in [0.1, 0.15) is 6.33 Å². The predicted molar refractivity (Wildman–Crippen MR) is 72.5 cm³/mol. The van der Waals surface area contributed by atoms with Crippen molar-refractivity contribution in [2.24, 2.45) is 0 Å². The van der Waals surface area contributed by atoms with Gasteiger partial charge in [-0.3, -0.25) is 0 Å². The van der Waals surface area contributed by atoms with Gasteiger partial charge >= 0.3 is 0 Å². The molecule has 0 aliphatic rings. The van der Waals surface area contributed by atoms with E-state index in [9.17, 15) is 0 Å². The molecule has 5 nitrogen and oxygen atoms in total. The number of nitrogens with one attached hydrogen (secondary N) is 1. The third-order valence-corrected chi connectivity index (χ3v) is 2.94. The van der Waals surface area contributed by atoms with Crippen LogP contribution in [0.25, 0.3) is 0 Å². The summed E-state index contributed by atoms with van der Waals surface area (Å²) in [6.45, 7) is 0. The van der Waals surface area contributed by atoms with E-state index in [2.05, 4.69) is 15.3 Å². The molecule has 0 bridgehead atoms. The molecule has 2 rings (SSSR count). The normalized spacial score (nSPS) is 11.9. The highest BCUT2D eigenvalue weighted by Crippen LogP contribution is 2.31. The van der Waals surface area contributed by atoms with Gasteiger partial charge < -0.3 is 14.8 Å². The third kappa shape index (κ3) is 2.82. The summed E-state index contributed by atoms with van der Waals surface area (Å²) < 4.78 is 10.6. The SMILES string of the molecule is CNC(c1cncnc1)c1ccc(OC)c(OC)c1. The van der Waals surface area contributed by atoms with Crippen LogP contribution in [0.2, 0.25) is 0 Å². The lowest BCUT2D eigenvalue weighted by Gasteiger charge is -2.18. The Labute approximate surface area is 112 Å². The van der Waals surface area contributed by atoms with Gasteiger partial charge in [-0.05, 0) is 24.7 Å². The Morgan fingerprint density at radius 1 is 1.00 bits per heavy atom. The van der Waals surface area contributed by atoms with Gasteiger partial charge in [0, 0.05) is 18.0 Å². The summed E-state index contributed by atoms with van der Waals surface area (Å²) in [5.41, 5.74) is 2.06. The molecular weight excluding hydrogens is 242 g/mol. The minimum atomic E-state index is 0.0148. The largest absolute Gasteiger partial charge is 0.493 e. The molecule has 5 heteroatoms. The summed E-state index contributed by atoms with van der Waals surface area (Å²) in [5, 5.41) is 3.25. The molecule has 100 valence electrons. The number of nitrogens with zero attached hydrogens (tertiary/aromatic N) is 2. The Bertz CT molecular complexity index is 531. The van der Waals surface area contributed by atoms with E-state index in [1.54, 1.807) is 26.6 Å². The average Bonchev–Trinajstić information content (AvgIpc) is 2.49. The van der Waals surface area contributed by atoms with Gasteiger partial charge in [0.15, 0.2) is 11.5 Å². The number of aromatic nitrogens is 2. The Balaban J connectivity index is 2.39. The number of rotatable bonds is 5. The van der Waals surface area contributed by atoms with E-state index >= 15 is 0 Å². The molecular formula is C14H17N3O2. The van der Waals surface area contributed by atoms with Crippen LogP contribution >= 0.6 is 0 Å². The summed E-state index contributed by atoms with van der Waals surface area (Å²) in [4.78, 5) is 8.10. The lowest BCUT2D eigenvalue weighted by Crippen LogP contribution is -2.18. The molecule has 0 radical (unpaired) electrons. The number of hydrogen-bond acceptors (Lipinski definition) is 5. The summed E-state index contributed by atoms with van der Waals surface area (Å²) in [6, 6.07) is 5.85. The summed E-state index contributed by atoms with van der Waals surface area (Å²) in [5.74, 6) is 1.42. The lowest BCUT2D eigenvalue weighted by molar-refractivity contribution is 0.354. The minimum absolute atomic E-state index is 0.0148. The maximum atomic E-state index is 5.32. The molecule has 1 N–H and O–H groups in total. The van der Waals surface area contributed by atoms with Crippen molar-refractivity contribution < 1.29 is 9.47 Å². The monoisotopic (exact) mass is 259 g/mol. The zero-order valence-electron chi connectivity index (χ0n) is 11.3. The summed E-state index contributed by atoms with van der Waals surface area (Å²) in [6.07, 6.45) is 5.11. The first-order valence-corrected chi connectivity index (χ1v) is 5.94. The molecule has 1 aromatic heterocycles. The van der Waals surface area contributed by atoms with Gasteiger partial charge in [-0.2, -0.15) is 0 Å². The quantitative estimate of drug-likeness (QED) is 0.887. The van der Waals surface area contributed by atoms with Crippen LogP contribution in [-0.2, 0) is 0 Å². The number of hydrogen-bond donors (Lipinski definition) is 1. The standard InChI is InChI=1S/C14H17N3O2/c1-15-14(11-7-16-9-17-8-11)10-4-5-12(18-2)13(6-10)19-3/h4-9,14-15H,1-3H3. The fourth-order valence-corrected chi connectivity index (χ4v) is 2.02. The van der Waals surface area contributed by atoms with Crippen molar-refractivity contribution in [3.8, 4) is 11.5 Å². The van der Waals surface area contributed by atoms with E-state index in [4.69, 9.17) is 9.47 Å². The number of ether oxygens (including phenoxy) is 2. The van der Waals surface area contributed by atoms with Crippen molar-refractivity contribution in [2.75, 3.05) is 21.3 Å². The van der Waals surface area contributed by atoms with Gasteiger partial charge in [-0.1, -0.05) is 6.07 Å². The molecule has 0 amide bonds. The van der Waals surface area contributed by atoms with Gasteiger partial charge in [-0.25, -0.2) is 9.97 Å². The molecule has 1 aromatic carbocycles. The van der Waals surface area contributed by atoms with Crippen LogP contribution in [0.5, 0.6) is 11.5 Å². The first-order valence-electron chi connectivity index (χ1n) is 5.94. The van der Waals surface area contributed by atoms with Crippen molar-refractivity contribution in [3.63, 3.8) is 0 Å². The van der Waals surface area contributed by atoms with Crippen molar-refractivity contribution in [2.45, 2.75) is 6.04 Å².